The molecule has 1 unspecified atom stereocenters. The average molecular weight is 453 g/mol. The summed E-state index contributed by atoms with van der Waals surface area (Å²) in [4.78, 5) is 36.4. The number of hydrogen-bond acceptors (Lipinski definition) is 4. The zero-order valence-corrected chi connectivity index (χ0v) is 19.5. The number of amides is 2. The number of carboxylic acid groups (broad SMARTS) is 1. The average Bonchev–Trinajstić information content (AvgIpc) is 3.09. The molecule has 176 valence electrons. The van der Waals surface area contributed by atoms with Crippen LogP contribution in [0.4, 0.5) is 4.79 Å². The fourth-order valence-corrected chi connectivity index (χ4v) is 4.19. The number of nitrogens with one attached hydrogen (secondary N) is 2. The first kappa shape index (κ1) is 24.3. The number of hydrogen-bond donors (Lipinski definition) is 3. The van der Waals surface area contributed by atoms with Crippen LogP contribution in [0.25, 0.3) is 11.1 Å². The van der Waals surface area contributed by atoms with E-state index < -0.39 is 30.1 Å². The molecule has 0 fully saturated rings. The van der Waals surface area contributed by atoms with E-state index in [0.29, 0.717) is 0 Å². The predicted octanol–water partition coefficient (Wildman–Crippen LogP) is 4.17. The maximum Gasteiger partial charge on any atom is 0.407 e. The summed E-state index contributed by atoms with van der Waals surface area (Å²) < 4.78 is 5.58. The number of aliphatic carboxylic acids is 1. The third-order valence-electron chi connectivity index (χ3n) is 6.11. The molecule has 0 saturated heterocycles. The van der Waals surface area contributed by atoms with Gasteiger partial charge in [-0.3, -0.25) is 4.79 Å². The van der Waals surface area contributed by atoms with E-state index in [1.54, 1.807) is 13.8 Å². The molecular formula is C26H32N2O5. The van der Waals surface area contributed by atoms with E-state index in [-0.39, 0.29) is 30.8 Å². The summed E-state index contributed by atoms with van der Waals surface area (Å²) in [5.74, 6) is -1.85. The van der Waals surface area contributed by atoms with E-state index in [1.165, 1.54) is 0 Å². The number of ether oxygens (including phenoxy) is 1. The Morgan fingerprint density at radius 3 is 1.91 bits per heavy atom. The van der Waals surface area contributed by atoms with Gasteiger partial charge in [0.15, 0.2) is 0 Å². The molecule has 0 heterocycles. The smallest absolute Gasteiger partial charge is 0.407 e. The predicted molar refractivity (Wildman–Crippen MR) is 126 cm³/mol. The van der Waals surface area contributed by atoms with Gasteiger partial charge in [-0.25, -0.2) is 9.59 Å². The van der Waals surface area contributed by atoms with Crippen molar-refractivity contribution in [2.24, 2.45) is 11.8 Å². The molecule has 2 aromatic rings. The molecule has 0 aromatic heterocycles. The van der Waals surface area contributed by atoms with Gasteiger partial charge in [0, 0.05) is 18.4 Å². The van der Waals surface area contributed by atoms with Crippen LogP contribution in [0, 0.1) is 11.8 Å². The molecule has 2 amide bonds. The minimum atomic E-state index is -1.08. The quantitative estimate of drug-likeness (QED) is 0.530. The van der Waals surface area contributed by atoms with E-state index in [4.69, 9.17) is 4.74 Å². The minimum absolute atomic E-state index is 0.0294. The number of alkyl carbamates (subject to hydrolysis) is 1. The Kier molecular flexibility index (Phi) is 7.74. The topological polar surface area (TPSA) is 105 Å². The maximum absolute atomic E-state index is 12.6. The Hall–Kier alpha value is -3.35. The molecule has 7 heteroatoms. The zero-order chi connectivity index (χ0) is 24.1. The number of carboxylic acids is 1. The molecule has 0 spiro atoms. The summed E-state index contributed by atoms with van der Waals surface area (Å²) >= 11 is 0. The van der Waals surface area contributed by atoms with Crippen molar-refractivity contribution in [1.82, 2.24) is 10.6 Å². The van der Waals surface area contributed by atoms with Crippen LogP contribution in [-0.2, 0) is 14.3 Å². The lowest BCUT2D eigenvalue weighted by Crippen LogP contribution is -2.48. The molecular weight excluding hydrogens is 420 g/mol. The first-order valence-electron chi connectivity index (χ1n) is 11.3. The highest BCUT2D eigenvalue weighted by Gasteiger charge is 2.30. The van der Waals surface area contributed by atoms with Gasteiger partial charge < -0.3 is 20.5 Å². The lowest BCUT2D eigenvalue weighted by molar-refractivity contribution is -0.143. The van der Waals surface area contributed by atoms with E-state index in [2.05, 4.69) is 34.9 Å². The third kappa shape index (κ3) is 5.72. The Balaban J connectivity index is 1.61. The zero-order valence-electron chi connectivity index (χ0n) is 19.5. The van der Waals surface area contributed by atoms with Gasteiger partial charge in [0.2, 0.25) is 5.91 Å². The van der Waals surface area contributed by atoms with Gasteiger partial charge in [0.05, 0.1) is 0 Å². The van der Waals surface area contributed by atoms with Crippen LogP contribution in [0.3, 0.4) is 0 Å². The summed E-state index contributed by atoms with van der Waals surface area (Å²) in [6.07, 6.45) is -0.625. The second-order valence-electron chi connectivity index (χ2n) is 9.15. The molecule has 7 nitrogen and oxygen atoms in total. The van der Waals surface area contributed by atoms with Crippen molar-refractivity contribution < 1.29 is 24.2 Å². The van der Waals surface area contributed by atoms with Crippen LogP contribution in [-0.4, -0.2) is 41.8 Å². The van der Waals surface area contributed by atoms with Gasteiger partial charge in [0.1, 0.15) is 12.6 Å². The number of fused-ring (bicyclic) bond motifs is 3. The normalized spacial score (nSPS) is 14.4. The fourth-order valence-electron chi connectivity index (χ4n) is 4.19. The van der Waals surface area contributed by atoms with E-state index in [1.807, 2.05) is 38.1 Å². The van der Waals surface area contributed by atoms with Crippen molar-refractivity contribution in [3.8, 4) is 11.1 Å². The molecule has 3 N–H and O–H groups in total. The highest BCUT2D eigenvalue weighted by molar-refractivity contribution is 5.84. The molecule has 33 heavy (non-hydrogen) atoms. The largest absolute Gasteiger partial charge is 0.480 e. The summed E-state index contributed by atoms with van der Waals surface area (Å²) in [5.41, 5.74) is 4.55. The molecule has 1 aliphatic rings. The van der Waals surface area contributed by atoms with Crippen molar-refractivity contribution >= 4 is 18.0 Å². The number of benzene rings is 2. The Bertz CT molecular complexity index is 972. The van der Waals surface area contributed by atoms with Gasteiger partial charge in [-0.2, -0.15) is 0 Å². The van der Waals surface area contributed by atoms with Gasteiger partial charge in [-0.15, -0.1) is 0 Å². The van der Waals surface area contributed by atoms with Gasteiger partial charge in [-0.05, 0) is 34.1 Å². The van der Waals surface area contributed by atoms with Crippen LogP contribution >= 0.6 is 0 Å². The van der Waals surface area contributed by atoms with E-state index in [0.717, 1.165) is 22.3 Å². The second-order valence-corrected chi connectivity index (χ2v) is 9.15. The van der Waals surface area contributed by atoms with Crippen LogP contribution in [0.1, 0.15) is 51.2 Å². The van der Waals surface area contributed by atoms with Crippen LogP contribution in [0.5, 0.6) is 0 Å². The van der Waals surface area contributed by atoms with Crippen molar-refractivity contribution in [3.05, 3.63) is 59.7 Å². The van der Waals surface area contributed by atoms with Crippen LogP contribution in [0.2, 0.25) is 0 Å². The highest BCUT2D eigenvalue weighted by atomic mass is 16.5. The minimum Gasteiger partial charge on any atom is -0.480 e. The highest BCUT2D eigenvalue weighted by Crippen LogP contribution is 2.44. The molecule has 2 aromatic carbocycles. The van der Waals surface area contributed by atoms with Crippen LogP contribution in [0.15, 0.2) is 48.5 Å². The lowest BCUT2D eigenvalue weighted by atomic mass is 9.98. The maximum atomic E-state index is 12.6. The lowest BCUT2D eigenvalue weighted by Gasteiger charge is -2.24. The Morgan fingerprint density at radius 1 is 0.879 bits per heavy atom. The van der Waals surface area contributed by atoms with Gasteiger partial charge in [-0.1, -0.05) is 76.2 Å². The molecule has 0 bridgehead atoms. The molecule has 3 rings (SSSR count). The van der Waals surface area contributed by atoms with Crippen molar-refractivity contribution in [2.45, 2.75) is 52.1 Å². The Labute approximate surface area is 194 Å². The third-order valence-corrected chi connectivity index (χ3v) is 6.11. The first-order chi connectivity index (χ1) is 15.7. The van der Waals surface area contributed by atoms with E-state index in [9.17, 15) is 19.5 Å². The van der Waals surface area contributed by atoms with Crippen LogP contribution < -0.4 is 10.6 Å². The SMILES string of the molecule is CC(C)C(CC(=O)N[C@@H](C(=O)O)C(C)C)NC(=O)OCC1c2ccccc2-c2ccccc21. The number of rotatable bonds is 9. The van der Waals surface area contributed by atoms with Crippen molar-refractivity contribution in [1.29, 1.82) is 0 Å². The molecule has 0 aliphatic heterocycles. The standard InChI is InChI=1S/C26H32N2O5/c1-15(2)22(13-23(29)28-24(16(3)4)25(30)31)27-26(32)33-14-21-19-11-7-5-9-17(19)18-10-6-8-12-20(18)21/h5-12,15-16,21-22,24H,13-14H2,1-4H3,(H,27,32)(H,28,29)(H,30,31)/t22?,24-/m1/s1. The summed E-state index contributed by atoms with van der Waals surface area (Å²) in [6, 6.07) is 14.7. The van der Waals surface area contributed by atoms with Crippen molar-refractivity contribution in [2.75, 3.05) is 6.61 Å². The van der Waals surface area contributed by atoms with Gasteiger partial charge >= 0.3 is 12.1 Å². The summed E-state index contributed by atoms with van der Waals surface area (Å²) in [6.45, 7) is 7.42. The van der Waals surface area contributed by atoms with Gasteiger partial charge in [0.25, 0.3) is 0 Å². The number of carbonyl (C=O) groups excluding carboxylic acids is 2. The Morgan fingerprint density at radius 2 is 1.42 bits per heavy atom. The summed E-state index contributed by atoms with van der Waals surface area (Å²) in [5, 5.41) is 14.6. The monoisotopic (exact) mass is 452 g/mol. The first-order valence-corrected chi connectivity index (χ1v) is 11.3. The van der Waals surface area contributed by atoms with Crippen molar-refractivity contribution in [3.63, 3.8) is 0 Å². The molecule has 0 saturated carbocycles. The summed E-state index contributed by atoms with van der Waals surface area (Å²) in [7, 11) is 0. The fraction of sp³-hybridized carbons (Fsp3) is 0.423. The number of carbonyl (C=O) groups is 3. The molecule has 0 radical (unpaired) electrons. The molecule has 1 aliphatic carbocycles. The van der Waals surface area contributed by atoms with E-state index >= 15 is 0 Å². The second kappa shape index (κ2) is 10.5. The molecule has 2 atom stereocenters.